The number of anilines is 1. The zero-order chi connectivity index (χ0) is 24.7. The highest BCUT2D eigenvalue weighted by Crippen LogP contribution is 2.32. The van der Waals surface area contributed by atoms with E-state index in [0.29, 0.717) is 17.2 Å². The average molecular weight is 485 g/mol. The van der Waals surface area contributed by atoms with Gasteiger partial charge in [-0.2, -0.15) is 0 Å². The first-order valence-corrected chi connectivity index (χ1v) is 12.0. The first kappa shape index (κ1) is 24.9. The van der Waals surface area contributed by atoms with E-state index in [9.17, 15) is 13.2 Å². The molecule has 1 N–H and O–H groups in total. The monoisotopic (exact) mass is 484 g/mol. The number of nitrogens with zero attached hydrogens (tertiary/aromatic N) is 1. The minimum Gasteiger partial charge on any atom is -0.497 e. The largest absolute Gasteiger partial charge is 0.497 e. The summed E-state index contributed by atoms with van der Waals surface area (Å²) in [5, 5.41) is 2.87. The summed E-state index contributed by atoms with van der Waals surface area (Å²) >= 11 is 0. The van der Waals surface area contributed by atoms with Crippen molar-refractivity contribution in [2.75, 3.05) is 32.2 Å². The van der Waals surface area contributed by atoms with Gasteiger partial charge >= 0.3 is 0 Å². The number of sulfonamides is 1. The van der Waals surface area contributed by atoms with Crippen LogP contribution in [-0.2, 0) is 14.8 Å². The molecule has 0 spiro atoms. The van der Waals surface area contributed by atoms with Crippen molar-refractivity contribution < 1.29 is 27.4 Å². The van der Waals surface area contributed by atoms with Gasteiger partial charge in [0.25, 0.3) is 10.0 Å². The molecule has 8 nitrogen and oxygen atoms in total. The van der Waals surface area contributed by atoms with Gasteiger partial charge in [-0.3, -0.25) is 9.10 Å². The molecule has 0 aliphatic carbocycles. The summed E-state index contributed by atoms with van der Waals surface area (Å²) in [6, 6.07) is 19.9. The van der Waals surface area contributed by atoms with Crippen molar-refractivity contribution in [3.63, 3.8) is 0 Å². The summed E-state index contributed by atoms with van der Waals surface area (Å²) in [5.41, 5.74) is 1.23. The normalized spacial score (nSPS) is 11.9. The van der Waals surface area contributed by atoms with Crippen LogP contribution in [0.1, 0.15) is 18.5 Å². The van der Waals surface area contributed by atoms with Gasteiger partial charge in [0.1, 0.15) is 12.3 Å². The fraction of sp³-hybridized carbons (Fsp3) is 0.240. The Morgan fingerprint density at radius 3 is 2.12 bits per heavy atom. The molecule has 180 valence electrons. The van der Waals surface area contributed by atoms with E-state index in [1.54, 1.807) is 24.3 Å². The Kier molecular flexibility index (Phi) is 8.01. The van der Waals surface area contributed by atoms with Crippen LogP contribution in [0.5, 0.6) is 17.2 Å². The smallest absolute Gasteiger partial charge is 0.264 e. The molecule has 0 aromatic heterocycles. The third-order valence-electron chi connectivity index (χ3n) is 5.27. The van der Waals surface area contributed by atoms with Crippen LogP contribution in [0.25, 0.3) is 0 Å². The number of nitrogens with one attached hydrogen (secondary N) is 1. The summed E-state index contributed by atoms with van der Waals surface area (Å²) in [7, 11) is 0.279. The van der Waals surface area contributed by atoms with Crippen molar-refractivity contribution in [2.24, 2.45) is 0 Å². The lowest BCUT2D eigenvalue weighted by atomic mass is 10.1. The predicted molar refractivity (Wildman–Crippen MR) is 130 cm³/mol. The summed E-state index contributed by atoms with van der Waals surface area (Å²) < 4.78 is 44.0. The molecule has 1 amide bonds. The number of ether oxygens (including phenoxy) is 3. The number of hydrogen-bond donors (Lipinski definition) is 1. The number of rotatable bonds is 10. The molecule has 3 aromatic rings. The Morgan fingerprint density at radius 2 is 1.53 bits per heavy atom. The number of carbonyl (C=O) groups is 1. The van der Waals surface area contributed by atoms with Crippen molar-refractivity contribution in [1.82, 2.24) is 5.32 Å². The fourth-order valence-corrected chi connectivity index (χ4v) is 4.85. The highest BCUT2D eigenvalue weighted by Gasteiger charge is 2.29. The Bertz CT molecular complexity index is 1210. The van der Waals surface area contributed by atoms with Gasteiger partial charge in [-0.05, 0) is 48.9 Å². The number of benzene rings is 3. The molecule has 34 heavy (non-hydrogen) atoms. The number of amides is 1. The van der Waals surface area contributed by atoms with E-state index in [4.69, 9.17) is 14.2 Å². The van der Waals surface area contributed by atoms with E-state index in [1.807, 2.05) is 37.3 Å². The van der Waals surface area contributed by atoms with Gasteiger partial charge in [0.2, 0.25) is 5.91 Å². The van der Waals surface area contributed by atoms with Gasteiger partial charge in [0.15, 0.2) is 11.5 Å². The molecule has 0 heterocycles. The first-order chi connectivity index (χ1) is 16.3. The van der Waals surface area contributed by atoms with E-state index < -0.39 is 22.5 Å². The zero-order valence-electron chi connectivity index (χ0n) is 19.5. The zero-order valence-corrected chi connectivity index (χ0v) is 20.3. The summed E-state index contributed by atoms with van der Waals surface area (Å²) in [6.45, 7) is 1.42. The maximum atomic E-state index is 13.7. The van der Waals surface area contributed by atoms with Gasteiger partial charge in [0.05, 0.1) is 38.0 Å². The van der Waals surface area contributed by atoms with Crippen LogP contribution in [0.4, 0.5) is 5.69 Å². The summed E-state index contributed by atoms with van der Waals surface area (Å²) in [4.78, 5) is 12.9. The molecular formula is C25H28N2O6S. The Hall–Kier alpha value is -3.72. The molecule has 3 rings (SSSR count). The van der Waals surface area contributed by atoms with Crippen LogP contribution in [0.2, 0.25) is 0 Å². The molecule has 0 aliphatic heterocycles. The lowest BCUT2D eigenvalue weighted by Gasteiger charge is -2.25. The molecule has 0 saturated carbocycles. The van der Waals surface area contributed by atoms with E-state index in [-0.39, 0.29) is 16.7 Å². The highest BCUT2D eigenvalue weighted by atomic mass is 32.2. The van der Waals surface area contributed by atoms with Gasteiger partial charge < -0.3 is 19.5 Å². The topological polar surface area (TPSA) is 94.2 Å². The standard InChI is InChI=1S/C25H28N2O6S/c1-18(19-8-6-5-7-9-19)26-25(28)17-27(20-10-12-21(31-2)13-11-20)34(29,30)22-14-15-23(32-3)24(16-22)33-4/h5-16,18H,17H2,1-4H3,(H,26,28). The van der Waals surface area contributed by atoms with Crippen molar-refractivity contribution in [2.45, 2.75) is 17.9 Å². The lowest BCUT2D eigenvalue weighted by Crippen LogP contribution is -2.41. The molecule has 9 heteroatoms. The molecule has 0 saturated heterocycles. The first-order valence-electron chi connectivity index (χ1n) is 10.5. The van der Waals surface area contributed by atoms with Crippen LogP contribution in [0.15, 0.2) is 77.7 Å². The molecule has 0 radical (unpaired) electrons. The summed E-state index contributed by atoms with van der Waals surface area (Å²) in [6.07, 6.45) is 0. The molecule has 0 fully saturated rings. The molecule has 3 aromatic carbocycles. The average Bonchev–Trinajstić information content (AvgIpc) is 2.87. The lowest BCUT2D eigenvalue weighted by molar-refractivity contribution is -0.120. The van der Waals surface area contributed by atoms with E-state index in [0.717, 1.165) is 9.87 Å². The fourth-order valence-electron chi connectivity index (χ4n) is 3.41. The molecule has 0 aliphatic rings. The molecule has 0 bridgehead atoms. The van der Waals surface area contributed by atoms with Gasteiger partial charge in [-0.15, -0.1) is 0 Å². The van der Waals surface area contributed by atoms with Crippen LogP contribution in [-0.4, -0.2) is 42.2 Å². The second kappa shape index (κ2) is 10.9. The minimum atomic E-state index is -4.13. The SMILES string of the molecule is COc1ccc(N(CC(=O)NC(C)c2ccccc2)S(=O)(=O)c2ccc(OC)c(OC)c2)cc1. The van der Waals surface area contributed by atoms with Crippen LogP contribution >= 0.6 is 0 Å². The number of methoxy groups -OCH3 is 3. The van der Waals surface area contributed by atoms with Crippen molar-refractivity contribution in [3.05, 3.63) is 78.4 Å². The van der Waals surface area contributed by atoms with Crippen LogP contribution in [0.3, 0.4) is 0 Å². The van der Waals surface area contributed by atoms with Gasteiger partial charge in [0, 0.05) is 6.07 Å². The van der Waals surface area contributed by atoms with Gasteiger partial charge in [-0.25, -0.2) is 8.42 Å². The van der Waals surface area contributed by atoms with E-state index >= 15 is 0 Å². The van der Waals surface area contributed by atoms with Crippen molar-refractivity contribution >= 4 is 21.6 Å². The van der Waals surface area contributed by atoms with Gasteiger partial charge in [-0.1, -0.05) is 30.3 Å². The van der Waals surface area contributed by atoms with Crippen LogP contribution < -0.4 is 23.8 Å². The predicted octanol–water partition coefficient (Wildman–Crippen LogP) is 3.79. The molecule has 1 atom stereocenters. The van der Waals surface area contributed by atoms with Crippen LogP contribution in [0, 0.1) is 0 Å². The Labute approximate surface area is 200 Å². The minimum absolute atomic E-state index is 0.0372. The van der Waals surface area contributed by atoms with E-state index in [1.165, 1.54) is 39.5 Å². The Balaban J connectivity index is 1.95. The van der Waals surface area contributed by atoms with E-state index in [2.05, 4.69) is 5.32 Å². The summed E-state index contributed by atoms with van der Waals surface area (Å²) in [5.74, 6) is 0.776. The third-order valence-corrected chi connectivity index (χ3v) is 7.04. The second-order valence-corrected chi connectivity index (χ2v) is 9.29. The number of hydrogen-bond acceptors (Lipinski definition) is 6. The highest BCUT2D eigenvalue weighted by molar-refractivity contribution is 7.92. The Morgan fingerprint density at radius 1 is 0.882 bits per heavy atom. The molecular weight excluding hydrogens is 456 g/mol. The quantitative estimate of drug-likeness (QED) is 0.471. The maximum absolute atomic E-state index is 13.7. The molecule has 1 unspecified atom stereocenters. The number of carbonyl (C=O) groups excluding carboxylic acids is 1. The second-order valence-electron chi connectivity index (χ2n) is 7.43. The van der Waals surface area contributed by atoms with Crippen molar-refractivity contribution in [3.8, 4) is 17.2 Å². The van der Waals surface area contributed by atoms with Crippen molar-refractivity contribution in [1.29, 1.82) is 0 Å². The third kappa shape index (κ3) is 5.60. The maximum Gasteiger partial charge on any atom is 0.264 e.